The molecule has 0 fully saturated rings. The van der Waals surface area contributed by atoms with E-state index < -0.39 is 29.2 Å². The first-order valence-corrected chi connectivity index (χ1v) is 11.7. The van der Waals surface area contributed by atoms with Gasteiger partial charge in [-0.25, -0.2) is 4.39 Å². The number of hydrogen-bond donors (Lipinski definition) is 4. The Labute approximate surface area is 216 Å². The minimum absolute atomic E-state index is 0.0574. The molecule has 194 valence electrons. The van der Waals surface area contributed by atoms with Crippen molar-refractivity contribution < 1.29 is 33.7 Å². The highest BCUT2D eigenvalue weighted by Crippen LogP contribution is 2.41. The first-order valence-electron chi connectivity index (χ1n) is 11.7. The molecule has 9 nitrogen and oxygen atoms in total. The third kappa shape index (κ3) is 4.74. The number of fused-ring (bicyclic) bond motifs is 2. The fourth-order valence-corrected chi connectivity index (χ4v) is 3.90. The van der Waals surface area contributed by atoms with Gasteiger partial charge in [-0.05, 0) is 67.6 Å². The number of aryl methyl sites for hydroxylation is 1. The number of aliphatic hydroxyl groups is 2. The summed E-state index contributed by atoms with van der Waals surface area (Å²) in [7, 11) is 0. The molecule has 5 rings (SSSR count). The van der Waals surface area contributed by atoms with E-state index in [-0.39, 0.29) is 28.4 Å². The number of carbonyl (C=O) groups excluding carboxylic acids is 2. The van der Waals surface area contributed by atoms with Crippen LogP contribution in [0.1, 0.15) is 40.3 Å². The van der Waals surface area contributed by atoms with Crippen LogP contribution in [0.3, 0.4) is 0 Å². The van der Waals surface area contributed by atoms with Crippen LogP contribution in [0.4, 0.5) is 15.8 Å². The topological polar surface area (TPSA) is 130 Å². The number of nitrogens with zero attached hydrogens (tertiary/aromatic N) is 1. The van der Waals surface area contributed by atoms with E-state index in [9.17, 15) is 24.2 Å². The third-order valence-corrected chi connectivity index (χ3v) is 6.25. The fraction of sp³-hybridized carbons (Fsp3) is 0.179. The van der Waals surface area contributed by atoms with Crippen molar-refractivity contribution in [2.24, 2.45) is 0 Å². The van der Waals surface area contributed by atoms with Crippen molar-refractivity contribution >= 4 is 34.1 Å². The number of halogens is 1. The number of pyridine rings is 1. The second kappa shape index (κ2) is 9.09. The molecule has 0 saturated heterocycles. The van der Waals surface area contributed by atoms with Crippen molar-refractivity contribution in [1.29, 1.82) is 0 Å². The van der Waals surface area contributed by atoms with Crippen LogP contribution >= 0.6 is 0 Å². The summed E-state index contributed by atoms with van der Waals surface area (Å²) in [5, 5.41) is 26.5. The van der Waals surface area contributed by atoms with Crippen molar-refractivity contribution in [3.05, 3.63) is 89.4 Å². The third-order valence-electron chi connectivity index (χ3n) is 6.25. The summed E-state index contributed by atoms with van der Waals surface area (Å²) in [6.07, 6.45) is 0. The van der Waals surface area contributed by atoms with Crippen molar-refractivity contribution in [3.8, 4) is 11.5 Å². The van der Waals surface area contributed by atoms with Gasteiger partial charge in [0.1, 0.15) is 5.82 Å². The van der Waals surface area contributed by atoms with Crippen molar-refractivity contribution in [1.82, 2.24) is 4.98 Å². The number of nitrogens with one attached hydrogen (secondary N) is 2. The SMILES string of the molecule is Cc1ccc2cc(C(=O)Nc3cc(NC(=O)c4ccc5c(c4)OC(C)(O)[C@](C)(O)O5)ccc3F)ccc2n1. The van der Waals surface area contributed by atoms with E-state index in [1.807, 2.05) is 19.1 Å². The lowest BCUT2D eigenvalue weighted by Gasteiger charge is -2.42. The number of anilines is 2. The Morgan fingerprint density at radius 1 is 0.816 bits per heavy atom. The van der Waals surface area contributed by atoms with Gasteiger partial charge in [-0.3, -0.25) is 14.6 Å². The molecule has 1 aliphatic heterocycles. The highest BCUT2D eigenvalue weighted by Gasteiger charge is 2.51. The standard InChI is InChI=1S/C28H24FN3O6/c1-15-4-5-16-12-17(6-10-21(16)30-15)26(34)32-22-14-19(8-9-20(22)29)31-25(33)18-7-11-23-24(13-18)38-28(3,36)27(2,35)37-23/h4-14,35-36H,1-3H3,(H,31,33)(H,32,34)/t27-,28?/m1/s1. The number of carbonyl (C=O) groups is 2. The molecule has 0 radical (unpaired) electrons. The van der Waals surface area contributed by atoms with Crippen LogP contribution in [0.15, 0.2) is 66.7 Å². The average Bonchev–Trinajstić information content (AvgIpc) is 2.85. The maximum Gasteiger partial charge on any atom is 0.271 e. The minimum Gasteiger partial charge on any atom is -0.452 e. The van der Waals surface area contributed by atoms with Gasteiger partial charge in [0.25, 0.3) is 23.4 Å². The largest absolute Gasteiger partial charge is 0.452 e. The molecule has 2 atom stereocenters. The van der Waals surface area contributed by atoms with Gasteiger partial charge in [0.2, 0.25) is 0 Å². The van der Waals surface area contributed by atoms with E-state index in [1.54, 1.807) is 18.2 Å². The number of amides is 2. The molecule has 3 aromatic carbocycles. The van der Waals surface area contributed by atoms with Crippen molar-refractivity contribution in [3.63, 3.8) is 0 Å². The molecule has 38 heavy (non-hydrogen) atoms. The van der Waals surface area contributed by atoms with Crippen LogP contribution < -0.4 is 20.1 Å². The van der Waals surface area contributed by atoms with E-state index in [1.165, 1.54) is 44.2 Å². The van der Waals surface area contributed by atoms with Crippen molar-refractivity contribution in [2.75, 3.05) is 10.6 Å². The van der Waals surface area contributed by atoms with Crippen LogP contribution in [-0.4, -0.2) is 38.6 Å². The normalized spacial score (nSPS) is 20.2. The van der Waals surface area contributed by atoms with E-state index in [0.717, 1.165) is 22.7 Å². The molecule has 10 heteroatoms. The predicted molar refractivity (Wildman–Crippen MR) is 138 cm³/mol. The Morgan fingerprint density at radius 2 is 1.47 bits per heavy atom. The predicted octanol–water partition coefficient (Wildman–Crippen LogP) is 4.38. The second-order valence-electron chi connectivity index (χ2n) is 9.29. The van der Waals surface area contributed by atoms with Gasteiger partial charge in [-0.1, -0.05) is 6.07 Å². The zero-order chi connectivity index (χ0) is 27.2. The lowest BCUT2D eigenvalue weighted by atomic mass is 10.1. The summed E-state index contributed by atoms with van der Waals surface area (Å²) in [5.74, 6) is -5.62. The quantitative estimate of drug-likeness (QED) is 0.316. The molecule has 1 aromatic heterocycles. The fourth-order valence-electron chi connectivity index (χ4n) is 3.90. The lowest BCUT2D eigenvalue weighted by molar-refractivity contribution is -0.327. The smallest absolute Gasteiger partial charge is 0.271 e. The molecule has 1 aliphatic rings. The Morgan fingerprint density at radius 3 is 2.24 bits per heavy atom. The number of aromatic nitrogens is 1. The number of rotatable bonds is 4. The highest BCUT2D eigenvalue weighted by molar-refractivity contribution is 6.07. The minimum atomic E-state index is -2.06. The Bertz CT molecular complexity index is 1600. The molecule has 0 spiro atoms. The van der Waals surface area contributed by atoms with Crippen LogP contribution in [0.25, 0.3) is 10.9 Å². The summed E-state index contributed by atoms with van der Waals surface area (Å²) in [6, 6.07) is 16.7. The monoisotopic (exact) mass is 517 g/mol. The van der Waals surface area contributed by atoms with Crippen LogP contribution in [0.5, 0.6) is 11.5 Å². The average molecular weight is 518 g/mol. The molecule has 0 aliphatic carbocycles. The van der Waals surface area contributed by atoms with Crippen LogP contribution in [0.2, 0.25) is 0 Å². The summed E-state index contributed by atoms with van der Waals surface area (Å²) in [4.78, 5) is 30.1. The summed E-state index contributed by atoms with van der Waals surface area (Å²) < 4.78 is 25.3. The van der Waals surface area contributed by atoms with Gasteiger partial charge in [-0.15, -0.1) is 0 Å². The van der Waals surface area contributed by atoms with Gasteiger partial charge < -0.3 is 30.3 Å². The lowest BCUT2D eigenvalue weighted by Crippen LogP contribution is -2.60. The first kappa shape index (κ1) is 25.1. The molecule has 1 unspecified atom stereocenters. The molecule has 2 amide bonds. The Hall–Kier alpha value is -4.54. The van der Waals surface area contributed by atoms with E-state index in [2.05, 4.69) is 15.6 Å². The molecule has 4 aromatic rings. The van der Waals surface area contributed by atoms with E-state index in [4.69, 9.17) is 9.47 Å². The summed E-state index contributed by atoms with van der Waals surface area (Å²) in [6.45, 7) is 4.35. The number of benzene rings is 3. The zero-order valence-corrected chi connectivity index (χ0v) is 20.7. The maximum atomic E-state index is 14.5. The zero-order valence-electron chi connectivity index (χ0n) is 20.7. The molecule has 4 N–H and O–H groups in total. The highest BCUT2D eigenvalue weighted by atomic mass is 19.1. The van der Waals surface area contributed by atoms with Crippen LogP contribution in [0, 0.1) is 12.7 Å². The van der Waals surface area contributed by atoms with Crippen molar-refractivity contribution in [2.45, 2.75) is 32.3 Å². The Kier molecular flexibility index (Phi) is 6.01. The Balaban J connectivity index is 1.33. The van der Waals surface area contributed by atoms with Gasteiger partial charge in [0.15, 0.2) is 11.5 Å². The summed E-state index contributed by atoms with van der Waals surface area (Å²) in [5.41, 5.74) is 2.19. The van der Waals surface area contributed by atoms with E-state index in [0.29, 0.717) is 5.56 Å². The number of hydrogen-bond acceptors (Lipinski definition) is 7. The van der Waals surface area contributed by atoms with Gasteiger partial charge in [0, 0.05) is 41.7 Å². The molecule has 2 heterocycles. The first-order chi connectivity index (χ1) is 17.9. The maximum absolute atomic E-state index is 14.5. The van der Waals surface area contributed by atoms with Crippen LogP contribution in [-0.2, 0) is 0 Å². The number of ether oxygens (including phenoxy) is 2. The molecular weight excluding hydrogens is 493 g/mol. The molecular formula is C28H24FN3O6. The molecule has 0 bridgehead atoms. The van der Waals surface area contributed by atoms with Gasteiger partial charge in [-0.2, -0.15) is 0 Å². The van der Waals surface area contributed by atoms with Gasteiger partial charge in [0.05, 0.1) is 11.2 Å². The second-order valence-corrected chi connectivity index (χ2v) is 9.29. The molecule has 0 saturated carbocycles. The van der Waals surface area contributed by atoms with Gasteiger partial charge >= 0.3 is 0 Å². The summed E-state index contributed by atoms with van der Waals surface area (Å²) >= 11 is 0. The van der Waals surface area contributed by atoms with E-state index >= 15 is 0 Å².